The Morgan fingerprint density at radius 2 is 1.90 bits per heavy atom. The van der Waals surface area contributed by atoms with Gasteiger partial charge in [0, 0.05) is 12.1 Å². The Kier molecular flexibility index (Phi) is 3.99. The molecule has 0 aliphatic heterocycles. The van der Waals surface area contributed by atoms with Gasteiger partial charge >= 0.3 is 5.69 Å². The fraction of sp³-hybridized carbons (Fsp3) is 0.231. The SMILES string of the molecule is Cc1cc(C)c(Oc2cc(Br)nc(C)n2)c([N+](=O)[O-])c1. The van der Waals surface area contributed by atoms with Crippen molar-refractivity contribution >= 4 is 21.6 Å². The highest BCUT2D eigenvalue weighted by molar-refractivity contribution is 9.10. The largest absolute Gasteiger partial charge is 0.431 e. The van der Waals surface area contributed by atoms with Crippen LogP contribution in [-0.2, 0) is 0 Å². The Morgan fingerprint density at radius 3 is 2.50 bits per heavy atom. The standard InChI is InChI=1S/C13H12BrN3O3/c1-7-4-8(2)13(10(5-7)17(18)19)20-12-6-11(14)15-9(3)16-12/h4-6H,1-3H3. The molecule has 0 radical (unpaired) electrons. The molecule has 0 fully saturated rings. The summed E-state index contributed by atoms with van der Waals surface area (Å²) >= 11 is 3.24. The molecule has 1 aromatic heterocycles. The van der Waals surface area contributed by atoms with E-state index in [0.29, 0.717) is 16.0 Å². The number of nitro groups is 1. The molecule has 0 bridgehead atoms. The molecule has 0 unspecified atom stereocenters. The molecule has 104 valence electrons. The molecule has 0 saturated heterocycles. The smallest absolute Gasteiger partial charge is 0.312 e. The van der Waals surface area contributed by atoms with E-state index in [4.69, 9.17) is 4.74 Å². The highest BCUT2D eigenvalue weighted by atomic mass is 79.9. The zero-order chi connectivity index (χ0) is 14.9. The Balaban J connectivity index is 2.50. The minimum atomic E-state index is -0.460. The van der Waals surface area contributed by atoms with Gasteiger partial charge in [0.25, 0.3) is 0 Å². The molecule has 7 heteroatoms. The lowest BCUT2D eigenvalue weighted by atomic mass is 10.1. The van der Waals surface area contributed by atoms with Crippen LogP contribution in [0, 0.1) is 30.9 Å². The maximum absolute atomic E-state index is 11.1. The first kappa shape index (κ1) is 14.4. The number of aromatic nitrogens is 2. The summed E-state index contributed by atoms with van der Waals surface area (Å²) in [5.74, 6) is 0.979. The topological polar surface area (TPSA) is 78.2 Å². The second-order valence-corrected chi connectivity index (χ2v) is 5.18. The lowest BCUT2D eigenvalue weighted by molar-refractivity contribution is -0.385. The summed E-state index contributed by atoms with van der Waals surface area (Å²) in [5, 5.41) is 11.1. The van der Waals surface area contributed by atoms with Crippen molar-refractivity contribution in [3.05, 3.63) is 49.9 Å². The van der Waals surface area contributed by atoms with Gasteiger partial charge in [-0.3, -0.25) is 10.1 Å². The van der Waals surface area contributed by atoms with Crippen molar-refractivity contribution in [2.24, 2.45) is 0 Å². The number of nitro benzene ring substituents is 1. The van der Waals surface area contributed by atoms with E-state index in [1.807, 2.05) is 6.07 Å². The molecule has 0 aliphatic carbocycles. The normalized spacial score (nSPS) is 10.4. The van der Waals surface area contributed by atoms with Gasteiger partial charge in [-0.25, -0.2) is 4.98 Å². The van der Waals surface area contributed by atoms with Crippen molar-refractivity contribution in [2.45, 2.75) is 20.8 Å². The number of nitrogens with zero attached hydrogens (tertiary/aromatic N) is 3. The molecule has 0 aliphatic rings. The number of rotatable bonds is 3. The summed E-state index contributed by atoms with van der Waals surface area (Å²) in [6.45, 7) is 5.28. The Hall–Kier alpha value is -2.02. The maximum atomic E-state index is 11.1. The number of hydrogen-bond acceptors (Lipinski definition) is 5. The van der Waals surface area contributed by atoms with Gasteiger partial charge in [0.05, 0.1) is 4.92 Å². The van der Waals surface area contributed by atoms with Crippen LogP contribution in [0.25, 0.3) is 0 Å². The number of ether oxygens (including phenoxy) is 1. The lowest BCUT2D eigenvalue weighted by Gasteiger charge is -2.10. The van der Waals surface area contributed by atoms with Crippen molar-refractivity contribution in [3.8, 4) is 11.6 Å². The van der Waals surface area contributed by atoms with E-state index in [0.717, 1.165) is 5.56 Å². The van der Waals surface area contributed by atoms with Crippen LogP contribution < -0.4 is 4.74 Å². The van der Waals surface area contributed by atoms with E-state index >= 15 is 0 Å². The molecule has 20 heavy (non-hydrogen) atoms. The minimum absolute atomic E-state index is 0.0742. The predicted molar refractivity (Wildman–Crippen MR) is 77.1 cm³/mol. The number of halogens is 1. The van der Waals surface area contributed by atoms with Gasteiger partial charge in [0.1, 0.15) is 10.4 Å². The van der Waals surface area contributed by atoms with Gasteiger partial charge < -0.3 is 4.74 Å². The monoisotopic (exact) mass is 337 g/mol. The Labute approximate surface area is 124 Å². The summed E-state index contributed by atoms with van der Waals surface area (Å²) in [4.78, 5) is 18.8. The van der Waals surface area contributed by atoms with Gasteiger partial charge in [-0.2, -0.15) is 4.98 Å². The van der Waals surface area contributed by atoms with Gasteiger partial charge in [0.15, 0.2) is 0 Å². The third-order valence-electron chi connectivity index (χ3n) is 2.59. The number of benzene rings is 1. The van der Waals surface area contributed by atoms with E-state index in [-0.39, 0.29) is 17.3 Å². The second-order valence-electron chi connectivity index (χ2n) is 4.37. The van der Waals surface area contributed by atoms with Crippen LogP contribution in [0.15, 0.2) is 22.8 Å². The number of hydrogen-bond donors (Lipinski definition) is 0. The van der Waals surface area contributed by atoms with Gasteiger partial charge in [0.2, 0.25) is 11.6 Å². The maximum Gasteiger partial charge on any atom is 0.312 e. The fourth-order valence-electron chi connectivity index (χ4n) is 1.86. The summed E-state index contributed by atoms with van der Waals surface area (Å²) in [6.07, 6.45) is 0. The van der Waals surface area contributed by atoms with E-state index in [9.17, 15) is 10.1 Å². The second kappa shape index (κ2) is 5.54. The van der Waals surface area contributed by atoms with Crippen LogP contribution in [0.1, 0.15) is 17.0 Å². The molecular formula is C13H12BrN3O3. The number of aryl methyl sites for hydroxylation is 3. The predicted octanol–water partition coefficient (Wildman–Crippen LogP) is 3.86. The fourth-order valence-corrected chi connectivity index (χ4v) is 2.32. The molecular weight excluding hydrogens is 326 g/mol. The molecule has 1 aromatic carbocycles. The summed E-state index contributed by atoms with van der Waals surface area (Å²) < 4.78 is 6.16. The van der Waals surface area contributed by atoms with Crippen molar-refractivity contribution in [3.63, 3.8) is 0 Å². The van der Waals surface area contributed by atoms with E-state index in [2.05, 4.69) is 25.9 Å². The molecule has 0 saturated carbocycles. The van der Waals surface area contributed by atoms with Gasteiger partial charge in [-0.1, -0.05) is 6.07 Å². The van der Waals surface area contributed by atoms with Crippen molar-refractivity contribution < 1.29 is 9.66 Å². The highest BCUT2D eigenvalue weighted by Crippen LogP contribution is 2.35. The zero-order valence-corrected chi connectivity index (χ0v) is 12.8. The van der Waals surface area contributed by atoms with E-state index in [1.54, 1.807) is 26.8 Å². The quantitative estimate of drug-likeness (QED) is 0.482. The first-order valence-electron chi connectivity index (χ1n) is 5.81. The molecule has 0 amide bonds. The molecule has 2 aromatic rings. The molecule has 0 atom stereocenters. The summed E-state index contributed by atoms with van der Waals surface area (Å²) in [7, 11) is 0. The molecule has 0 N–H and O–H groups in total. The first-order valence-corrected chi connectivity index (χ1v) is 6.61. The molecule has 6 nitrogen and oxygen atoms in total. The van der Waals surface area contributed by atoms with Crippen molar-refractivity contribution in [2.75, 3.05) is 0 Å². The van der Waals surface area contributed by atoms with Crippen LogP contribution in [-0.4, -0.2) is 14.9 Å². The van der Waals surface area contributed by atoms with Crippen molar-refractivity contribution in [1.82, 2.24) is 9.97 Å². The molecule has 2 rings (SSSR count). The highest BCUT2D eigenvalue weighted by Gasteiger charge is 2.20. The summed E-state index contributed by atoms with van der Waals surface area (Å²) in [5.41, 5.74) is 1.42. The zero-order valence-electron chi connectivity index (χ0n) is 11.2. The average molecular weight is 338 g/mol. The third kappa shape index (κ3) is 3.11. The first-order chi connectivity index (χ1) is 9.36. The third-order valence-corrected chi connectivity index (χ3v) is 2.99. The molecule has 1 heterocycles. The van der Waals surface area contributed by atoms with Crippen LogP contribution in [0.5, 0.6) is 11.6 Å². The molecule has 0 spiro atoms. The van der Waals surface area contributed by atoms with Crippen LogP contribution in [0.3, 0.4) is 0 Å². The van der Waals surface area contributed by atoms with Gasteiger partial charge in [-0.15, -0.1) is 0 Å². The Morgan fingerprint density at radius 1 is 1.20 bits per heavy atom. The summed E-state index contributed by atoms with van der Waals surface area (Å²) in [6, 6.07) is 4.87. The Bertz CT molecular complexity index is 669. The van der Waals surface area contributed by atoms with Crippen LogP contribution >= 0.6 is 15.9 Å². The van der Waals surface area contributed by atoms with Crippen molar-refractivity contribution in [1.29, 1.82) is 0 Å². The lowest BCUT2D eigenvalue weighted by Crippen LogP contribution is -1.99. The van der Waals surface area contributed by atoms with Crippen LogP contribution in [0.2, 0.25) is 0 Å². The average Bonchev–Trinajstić information content (AvgIpc) is 2.30. The minimum Gasteiger partial charge on any atom is -0.431 e. The van der Waals surface area contributed by atoms with Gasteiger partial charge in [-0.05, 0) is 47.8 Å². The van der Waals surface area contributed by atoms with Crippen LogP contribution in [0.4, 0.5) is 5.69 Å². The van der Waals surface area contributed by atoms with E-state index < -0.39 is 4.92 Å². The van der Waals surface area contributed by atoms with E-state index in [1.165, 1.54) is 6.07 Å².